The average molecular weight is 736 g/mol. The molecule has 12 nitrogen and oxygen atoms in total. The van der Waals surface area contributed by atoms with Crippen molar-refractivity contribution in [1.82, 2.24) is 16.0 Å². The Balaban J connectivity index is 0.00000833. The van der Waals surface area contributed by atoms with Crippen molar-refractivity contribution in [2.24, 2.45) is 17.3 Å². The van der Waals surface area contributed by atoms with Crippen LogP contribution in [0.15, 0.2) is 24.3 Å². The van der Waals surface area contributed by atoms with Gasteiger partial charge in [0.2, 0.25) is 17.3 Å². The smallest absolute Gasteiger partial charge is 0.745 e. The van der Waals surface area contributed by atoms with E-state index in [0.717, 1.165) is 44.1 Å². The summed E-state index contributed by atoms with van der Waals surface area (Å²) in [4.78, 5) is 52.1. The zero-order chi connectivity index (χ0) is 35.3. The maximum absolute atomic E-state index is 13.9. The fourth-order valence-electron chi connectivity index (χ4n) is 6.43. The van der Waals surface area contributed by atoms with Gasteiger partial charge in [-0.1, -0.05) is 89.5 Å². The molecule has 1 aromatic carbocycles. The molecule has 3 amide bonds. The van der Waals surface area contributed by atoms with Gasteiger partial charge in [-0.3, -0.25) is 14.4 Å². The molecule has 1 aliphatic carbocycles. The van der Waals surface area contributed by atoms with Crippen LogP contribution in [0.1, 0.15) is 103 Å². The van der Waals surface area contributed by atoms with E-state index in [1.54, 1.807) is 6.07 Å². The molecule has 270 valence electrons. The molecule has 1 aliphatic heterocycles. The Morgan fingerprint density at radius 2 is 1.80 bits per heavy atom. The minimum Gasteiger partial charge on any atom is -0.745 e. The van der Waals surface area contributed by atoms with E-state index >= 15 is 0 Å². The monoisotopic (exact) mass is 735 g/mol. The summed E-state index contributed by atoms with van der Waals surface area (Å²) in [5, 5.41) is 8.51. The first kappa shape index (κ1) is 43.3. The summed E-state index contributed by atoms with van der Waals surface area (Å²) >= 11 is 6.12. The molecule has 0 radical (unpaired) electrons. The molecule has 4 atom stereocenters. The van der Waals surface area contributed by atoms with Crippen molar-refractivity contribution >= 4 is 45.6 Å². The molecule has 0 bridgehead atoms. The van der Waals surface area contributed by atoms with Crippen molar-refractivity contribution in [3.05, 3.63) is 34.9 Å². The van der Waals surface area contributed by atoms with E-state index in [1.165, 1.54) is 0 Å². The minimum absolute atomic E-state index is 0. The van der Waals surface area contributed by atoms with Crippen LogP contribution in [0.2, 0.25) is 5.02 Å². The summed E-state index contributed by atoms with van der Waals surface area (Å²) in [6, 6.07) is 4.75. The van der Waals surface area contributed by atoms with Gasteiger partial charge in [-0.05, 0) is 55.7 Å². The van der Waals surface area contributed by atoms with Gasteiger partial charge in [0.1, 0.15) is 16.2 Å². The van der Waals surface area contributed by atoms with Gasteiger partial charge in [-0.2, -0.15) is 0 Å². The van der Waals surface area contributed by atoms with Crippen molar-refractivity contribution in [1.29, 1.82) is 0 Å². The first-order chi connectivity index (χ1) is 22.7. The molecule has 49 heavy (non-hydrogen) atoms. The number of hydrogen-bond acceptors (Lipinski definition) is 9. The third kappa shape index (κ3) is 15.5. The maximum atomic E-state index is 13.9. The molecule has 1 saturated heterocycles. The van der Waals surface area contributed by atoms with Crippen LogP contribution in [-0.4, -0.2) is 67.5 Å². The number of ether oxygens (including phenoxy) is 2. The Kier molecular flexibility index (Phi) is 18.4. The quantitative estimate of drug-likeness (QED) is 0.0880. The Morgan fingerprint density at radius 1 is 1.08 bits per heavy atom. The molecule has 0 spiro atoms. The van der Waals surface area contributed by atoms with Gasteiger partial charge in [0.25, 0.3) is 0 Å². The molecule has 3 rings (SSSR count). The van der Waals surface area contributed by atoms with E-state index in [0.29, 0.717) is 37.3 Å². The molecule has 15 heteroatoms. The summed E-state index contributed by atoms with van der Waals surface area (Å²) in [6.07, 6.45) is 6.69. The minimum atomic E-state index is -5.28. The van der Waals surface area contributed by atoms with Gasteiger partial charge in [0.15, 0.2) is 0 Å². The predicted molar refractivity (Wildman–Crippen MR) is 180 cm³/mol. The Morgan fingerprint density at radius 3 is 2.41 bits per heavy atom. The number of amides is 3. The number of alkyl carbamates (subject to hydrolysis) is 1. The summed E-state index contributed by atoms with van der Waals surface area (Å²) < 4.78 is 48.2. The van der Waals surface area contributed by atoms with Crippen molar-refractivity contribution < 1.29 is 71.2 Å². The summed E-state index contributed by atoms with van der Waals surface area (Å²) in [5.41, 5.74) is -1.74. The van der Waals surface area contributed by atoms with Crippen LogP contribution >= 0.6 is 11.6 Å². The van der Waals surface area contributed by atoms with Crippen LogP contribution in [0, 0.1) is 17.3 Å². The number of hydrogen-bond donors (Lipinski definition) is 3. The van der Waals surface area contributed by atoms with Gasteiger partial charge in [0.05, 0.1) is 12.6 Å². The van der Waals surface area contributed by atoms with Crippen LogP contribution in [0.4, 0.5) is 4.79 Å². The second kappa shape index (κ2) is 20.8. The Labute approximate surface area is 318 Å². The molecule has 1 unspecified atom stereocenters. The van der Waals surface area contributed by atoms with Gasteiger partial charge in [-0.25, -0.2) is 13.2 Å². The summed E-state index contributed by atoms with van der Waals surface area (Å²) in [6.45, 7) is 6.19. The molecule has 2 aliphatic rings. The van der Waals surface area contributed by atoms with E-state index < -0.39 is 56.9 Å². The van der Waals surface area contributed by atoms with Crippen LogP contribution in [0.25, 0.3) is 0 Å². The number of carbonyl (C=O) groups is 4. The standard InChI is InChI=1S/C34H52ClN3O9S.Na/c1-4-5-7-15-29(39)47-32(48(43,44)45)28(20-25-16-17-36-30(25)40)37-31(41)27(19-23-11-8-6-9-12-23)38-33(42)46-22-34(2,3)21-24-13-10-14-26(35)18-24;/h10,13-14,18,23,25,27-28,32H,4-9,11-12,15-17,19-22H2,1-3H3,(H,36,40)(H,37,41)(H,38,42)(H,43,44,45);/q;+1/p-1/t25-,27-,28-,32?;/m0./s1. The number of carbonyl (C=O) groups excluding carboxylic acids is 4. The van der Waals surface area contributed by atoms with Gasteiger partial charge < -0.3 is 30.0 Å². The second-order valence-corrected chi connectivity index (χ2v) is 15.8. The first-order valence-electron chi connectivity index (χ1n) is 17.1. The molecule has 1 heterocycles. The van der Waals surface area contributed by atoms with Crippen LogP contribution in [0.3, 0.4) is 0 Å². The molecule has 1 aromatic rings. The zero-order valence-electron chi connectivity index (χ0n) is 29.3. The van der Waals surface area contributed by atoms with Crippen LogP contribution in [-0.2, 0) is 40.4 Å². The summed E-state index contributed by atoms with van der Waals surface area (Å²) in [5.74, 6) is -2.59. The van der Waals surface area contributed by atoms with Crippen LogP contribution in [0.5, 0.6) is 0 Å². The molecule has 3 N–H and O–H groups in total. The number of nitrogens with one attached hydrogen (secondary N) is 3. The molecular formula is C34H51ClN3NaO9S. The number of unbranched alkanes of at least 4 members (excludes halogenated alkanes) is 2. The molecule has 0 aromatic heterocycles. The van der Waals surface area contributed by atoms with Gasteiger partial charge in [0, 0.05) is 29.3 Å². The largest absolute Gasteiger partial charge is 1.00 e. The number of halogens is 1. The normalized spacial score (nSPS) is 18.7. The second-order valence-electron chi connectivity index (χ2n) is 13.9. The maximum Gasteiger partial charge on any atom is 1.00 e. The SMILES string of the molecule is CCCCCC(=O)OC([C@H](C[C@@H]1CCNC1=O)NC(=O)[C@H](CC1CCCCC1)NC(=O)OCC(C)(C)Cc1cccc(Cl)c1)S(=O)(=O)[O-].[Na+]. The van der Waals surface area contributed by atoms with E-state index in [1.807, 2.05) is 39.0 Å². The van der Waals surface area contributed by atoms with Crippen molar-refractivity contribution in [3.8, 4) is 0 Å². The van der Waals surface area contributed by atoms with Crippen LogP contribution < -0.4 is 45.5 Å². The van der Waals surface area contributed by atoms with Crippen molar-refractivity contribution in [2.75, 3.05) is 13.2 Å². The van der Waals surface area contributed by atoms with Gasteiger partial charge >= 0.3 is 41.6 Å². The van der Waals surface area contributed by atoms with E-state index in [2.05, 4.69) is 16.0 Å². The van der Waals surface area contributed by atoms with Crippen molar-refractivity contribution in [2.45, 2.75) is 122 Å². The average Bonchev–Trinajstić information content (AvgIpc) is 3.42. The Bertz CT molecular complexity index is 1360. The van der Waals surface area contributed by atoms with Crippen molar-refractivity contribution in [3.63, 3.8) is 0 Å². The number of esters is 1. The first-order valence-corrected chi connectivity index (χ1v) is 18.9. The molecular weight excluding hydrogens is 685 g/mol. The fourth-order valence-corrected chi connectivity index (χ4v) is 7.45. The third-order valence-corrected chi connectivity index (χ3v) is 10.2. The number of rotatable bonds is 18. The number of benzene rings is 1. The van der Waals surface area contributed by atoms with E-state index in [9.17, 15) is 32.1 Å². The Hall–Kier alpha value is -1.90. The fraction of sp³-hybridized carbons (Fsp3) is 0.706. The van der Waals surface area contributed by atoms with Gasteiger partial charge in [-0.15, -0.1) is 0 Å². The summed E-state index contributed by atoms with van der Waals surface area (Å²) in [7, 11) is -5.28. The third-order valence-electron chi connectivity index (χ3n) is 8.94. The molecule has 1 saturated carbocycles. The zero-order valence-corrected chi connectivity index (χ0v) is 32.8. The predicted octanol–water partition coefficient (Wildman–Crippen LogP) is 1.98. The topological polar surface area (TPSA) is 180 Å². The van der Waals surface area contributed by atoms with E-state index in [4.69, 9.17) is 21.1 Å². The molecule has 2 fully saturated rings. The van der Waals surface area contributed by atoms with E-state index in [-0.39, 0.29) is 67.3 Å².